The van der Waals surface area contributed by atoms with Gasteiger partial charge in [-0.05, 0) is 24.5 Å². The van der Waals surface area contributed by atoms with Crippen LogP contribution in [0.5, 0.6) is 0 Å². The van der Waals surface area contributed by atoms with Crippen LogP contribution in [0.2, 0.25) is 0 Å². The summed E-state index contributed by atoms with van der Waals surface area (Å²) < 4.78 is 0. The summed E-state index contributed by atoms with van der Waals surface area (Å²) in [7, 11) is 1.68. The van der Waals surface area contributed by atoms with Crippen molar-refractivity contribution in [3.8, 4) is 0 Å². The molecule has 0 bridgehead atoms. The van der Waals surface area contributed by atoms with E-state index in [9.17, 15) is 9.59 Å². The Balaban J connectivity index is 2.19. The molecule has 1 N–H and O–H groups in total. The second kappa shape index (κ2) is 6.19. The molecule has 2 unspecified atom stereocenters. The molecule has 1 aromatic rings. The zero-order chi connectivity index (χ0) is 15.6. The van der Waals surface area contributed by atoms with Gasteiger partial charge in [-0.15, -0.1) is 10.2 Å². The van der Waals surface area contributed by atoms with Gasteiger partial charge in [-0.25, -0.2) is 0 Å². The molecule has 116 valence electrons. The third kappa shape index (κ3) is 3.77. The molecule has 1 fully saturated rings. The number of nitrogens with zero attached hydrogens (tertiary/aromatic N) is 5. The first-order chi connectivity index (χ1) is 9.86. The van der Waals surface area contributed by atoms with Crippen LogP contribution in [0.15, 0.2) is 0 Å². The summed E-state index contributed by atoms with van der Waals surface area (Å²) in [6.07, 6.45) is 0.919. The topological polar surface area (TPSA) is 93.0 Å². The molecule has 0 aliphatic carbocycles. The molecule has 1 aliphatic heterocycles. The molecule has 8 heteroatoms. The van der Waals surface area contributed by atoms with Crippen LogP contribution in [0.4, 0.5) is 0 Å². The Morgan fingerprint density at radius 1 is 1.38 bits per heavy atom. The number of tetrazole rings is 1. The Morgan fingerprint density at radius 2 is 2.10 bits per heavy atom. The average Bonchev–Trinajstić information content (AvgIpc) is 2.75. The Hall–Kier alpha value is -1.99. The molecule has 0 spiro atoms. The summed E-state index contributed by atoms with van der Waals surface area (Å²) in [5.41, 5.74) is 0. The van der Waals surface area contributed by atoms with E-state index < -0.39 is 6.04 Å². The summed E-state index contributed by atoms with van der Waals surface area (Å²) in [5, 5.41) is 14.6. The fourth-order valence-corrected chi connectivity index (χ4v) is 2.51. The Labute approximate surface area is 123 Å². The van der Waals surface area contributed by atoms with Crippen LogP contribution in [-0.4, -0.2) is 49.0 Å². The van der Waals surface area contributed by atoms with Crippen LogP contribution in [-0.2, 0) is 23.2 Å². The third-order valence-corrected chi connectivity index (χ3v) is 3.50. The maximum atomic E-state index is 12.7. The van der Waals surface area contributed by atoms with E-state index in [2.05, 4.69) is 20.7 Å². The Bertz CT molecular complexity index is 526. The fourth-order valence-electron chi connectivity index (χ4n) is 2.51. The number of carbonyl (C=O) groups excluding carboxylic acids is 2. The van der Waals surface area contributed by atoms with Crippen LogP contribution < -0.4 is 5.32 Å². The zero-order valence-corrected chi connectivity index (χ0v) is 12.9. The summed E-state index contributed by atoms with van der Waals surface area (Å²) >= 11 is 0. The molecule has 1 aliphatic rings. The lowest BCUT2D eigenvalue weighted by Gasteiger charge is -2.28. The number of hydrogen-bond donors (Lipinski definition) is 1. The van der Waals surface area contributed by atoms with Crippen molar-refractivity contribution >= 4 is 11.8 Å². The van der Waals surface area contributed by atoms with Crippen molar-refractivity contribution in [1.82, 2.24) is 30.4 Å². The number of nitrogens with one attached hydrogen (secondary N) is 1. The zero-order valence-electron chi connectivity index (χ0n) is 12.9. The van der Waals surface area contributed by atoms with E-state index in [0.29, 0.717) is 24.6 Å². The average molecular weight is 294 g/mol. The van der Waals surface area contributed by atoms with Crippen molar-refractivity contribution in [2.75, 3.05) is 0 Å². The largest absolute Gasteiger partial charge is 0.344 e. The van der Waals surface area contributed by atoms with Crippen molar-refractivity contribution < 1.29 is 9.59 Å². The van der Waals surface area contributed by atoms with Crippen molar-refractivity contribution in [3.63, 3.8) is 0 Å². The molecule has 1 saturated heterocycles. The minimum atomic E-state index is -0.473. The molecular weight excluding hydrogens is 272 g/mol. The number of aryl methyl sites for hydroxylation is 1. The monoisotopic (exact) mass is 294 g/mol. The summed E-state index contributed by atoms with van der Waals surface area (Å²) in [4.78, 5) is 27.6. The van der Waals surface area contributed by atoms with Crippen molar-refractivity contribution in [1.29, 1.82) is 0 Å². The highest BCUT2D eigenvalue weighted by Gasteiger charge is 2.34. The van der Waals surface area contributed by atoms with E-state index in [-0.39, 0.29) is 24.4 Å². The highest BCUT2D eigenvalue weighted by molar-refractivity contribution is 5.90. The minimum Gasteiger partial charge on any atom is -0.344 e. The molecule has 8 nitrogen and oxygen atoms in total. The van der Waals surface area contributed by atoms with E-state index >= 15 is 0 Å². The molecule has 2 rings (SSSR count). The van der Waals surface area contributed by atoms with Crippen molar-refractivity contribution in [2.45, 2.75) is 52.2 Å². The highest BCUT2D eigenvalue weighted by atomic mass is 16.2. The predicted molar refractivity (Wildman–Crippen MR) is 74.8 cm³/mol. The molecular formula is C13H22N6O2. The molecule has 2 heterocycles. The second-order valence-electron chi connectivity index (χ2n) is 5.96. The van der Waals surface area contributed by atoms with Gasteiger partial charge in [0.15, 0.2) is 5.82 Å². The molecule has 0 radical (unpaired) electrons. The molecule has 0 saturated carbocycles. The summed E-state index contributed by atoms with van der Waals surface area (Å²) in [6.45, 7) is 6.20. The lowest BCUT2D eigenvalue weighted by molar-refractivity contribution is -0.136. The lowest BCUT2D eigenvalue weighted by atomic mass is 10.0. The van der Waals surface area contributed by atoms with E-state index in [0.717, 1.165) is 0 Å². The van der Waals surface area contributed by atoms with E-state index in [1.54, 1.807) is 11.9 Å². The van der Waals surface area contributed by atoms with Crippen molar-refractivity contribution in [2.24, 2.45) is 13.0 Å². The van der Waals surface area contributed by atoms with Gasteiger partial charge >= 0.3 is 0 Å². The van der Waals surface area contributed by atoms with Gasteiger partial charge in [-0.1, -0.05) is 13.8 Å². The number of carbonyl (C=O) groups is 2. The lowest BCUT2D eigenvalue weighted by Crippen LogP contribution is -2.46. The SMILES string of the molecule is CC(C)CC1NC(=O)CC(C)N(Cc2nnn(C)n2)C1=O. The van der Waals surface area contributed by atoms with Crippen LogP contribution in [0.3, 0.4) is 0 Å². The standard InChI is InChI=1S/C13H22N6O2/c1-8(2)5-10-13(21)19(9(3)6-12(20)14-10)7-11-15-17-18(4)16-11/h8-10H,5-7H2,1-4H3,(H,14,20). The molecule has 2 atom stereocenters. The summed E-state index contributed by atoms with van der Waals surface area (Å²) in [6, 6.07) is -0.655. The number of amides is 2. The van der Waals surface area contributed by atoms with E-state index in [1.807, 2.05) is 20.8 Å². The van der Waals surface area contributed by atoms with Crippen molar-refractivity contribution in [3.05, 3.63) is 5.82 Å². The van der Waals surface area contributed by atoms with Crippen LogP contribution in [0.25, 0.3) is 0 Å². The smallest absolute Gasteiger partial charge is 0.245 e. The minimum absolute atomic E-state index is 0.0745. The maximum absolute atomic E-state index is 12.7. The first-order valence-corrected chi connectivity index (χ1v) is 7.19. The predicted octanol–water partition coefficient (Wildman–Crippen LogP) is -0.138. The number of aromatic nitrogens is 4. The molecule has 2 amide bonds. The number of rotatable bonds is 4. The number of hydrogen-bond acceptors (Lipinski definition) is 5. The van der Waals surface area contributed by atoms with Gasteiger partial charge in [0.2, 0.25) is 11.8 Å². The normalized spacial score (nSPS) is 23.4. The van der Waals surface area contributed by atoms with Gasteiger partial charge < -0.3 is 10.2 Å². The third-order valence-electron chi connectivity index (χ3n) is 3.50. The van der Waals surface area contributed by atoms with Crippen LogP contribution >= 0.6 is 0 Å². The fraction of sp³-hybridized carbons (Fsp3) is 0.769. The second-order valence-corrected chi connectivity index (χ2v) is 5.96. The first kappa shape index (κ1) is 15.4. The van der Waals surface area contributed by atoms with E-state index in [1.165, 1.54) is 4.80 Å². The van der Waals surface area contributed by atoms with Gasteiger partial charge in [0.1, 0.15) is 6.04 Å². The highest BCUT2D eigenvalue weighted by Crippen LogP contribution is 2.17. The van der Waals surface area contributed by atoms with Gasteiger partial charge in [-0.2, -0.15) is 4.80 Å². The van der Waals surface area contributed by atoms with E-state index in [4.69, 9.17) is 0 Å². The van der Waals surface area contributed by atoms with Crippen LogP contribution in [0, 0.1) is 5.92 Å². The Kier molecular flexibility index (Phi) is 4.54. The van der Waals surface area contributed by atoms with Gasteiger partial charge in [0.25, 0.3) is 0 Å². The van der Waals surface area contributed by atoms with Gasteiger partial charge in [0, 0.05) is 12.5 Å². The molecule has 0 aromatic carbocycles. The van der Waals surface area contributed by atoms with Crippen LogP contribution in [0.1, 0.15) is 39.4 Å². The maximum Gasteiger partial charge on any atom is 0.245 e. The van der Waals surface area contributed by atoms with Gasteiger partial charge in [0.05, 0.1) is 13.6 Å². The van der Waals surface area contributed by atoms with Gasteiger partial charge in [-0.3, -0.25) is 9.59 Å². The first-order valence-electron chi connectivity index (χ1n) is 7.19. The Morgan fingerprint density at radius 3 is 2.67 bits per heavy atom. The molecule has 21 heavy (non-hydrogen) atoms. The quantitative estimate of drug-likeness (QED) is 0.834. The summed E-state index contributed by atoms with van der Waals surface area (Å²) in [5.74, 6) is 0.644. The molecule has 1 aromatic heterocycles.